The predicted octanol–water partition coefficient (Wildman–Crippen LogP) is 2.30. The maximum Gasteiger partial charge on any atom is 0.307 e. The third kappa shape index (κ3) is 2.48. The second-order valence-corrected chi connectivity index (χ2v) is 3.40. The van der Waals surface area contributed by atoms with Crippen LogP contribution in [0.4, 0.5) is 14.5 Å². The molecule has 7 heteroatoms. The summed E-state index contributed by atoms with van der Waals surface area (Å²) in [5.41, 5.74) is -1.26. The van der Waals surface area contributed by atoms with Crippen LogP contribution in [-0.4, -0.2) is 15.4 Å². The quantitative estimate of drug-likeness (QED) is 0.525. The molecule has 1 N–H and O–H groups in total. The Balaban J connectivity index is 3.25. The first-order chi connectivity index (χ1) is 6.97. The monoisotopic (exact) mass is 281 g/mol. The Kier molecular flexibility index (Phi) is 3.70. The Labute approximate surface area is 91.8 Å². The van der Waals surface area contributed by atoms with E-state index in [1.165, 1.54) is 0 Å². The van der Waals surface area contributed by atoms with Gasteiger partial charge in [-0.05, 0) is 6.07 Å². The number of benzene rings is 1. The predicted molar refractivity (Wildman–Crippen MR) is 51.8 cm³/mol. The number of alkyl halides is 1. The summed E-state index contributed by atoms with van der Waals surface area (Å²) in [6.45, 7) is 0. The largest absolute Gasteiger partial charge is 0.387 e. The maximum absolute atomic E-state index is 13.2. The topological polar surface area (TPSA) is 63.4 Å². The molecule has 0 aliphatic heterocycles. The summed E-state index contributed by atoms with van der Waals surface area (Å²) in [7, 11) is 0. The number of halogens is 3. The van der Waals surface area contributed by atoms with E-state index in [-0.39, 0.29) is 10.9 Å². The minimum absolute atomic E-state index is 0.0151. The molecule has 1 unspecified atom stereocenters. The van der Waals surface area contributed by atoms with Crippen molar-refractivity contribution in [2.24, 2.45) is 0 Å². The summed E-state index contributed by atoms with van der Waals surface area (Å²) < 4.78 is 26.2. The van der Waals surface area contributed by atoms with Crippen molar-refractivity contribution in [2.75, 3.05) is 5.33 Å². The van der Waals surface area contributed by atoms with Gasteiger partial charge in [0.15, 0.2) is 0 Å². The van der Waals surface area contributed by atoms with E-state index >= 15 is 0 Å². The third-order valence-corrected chi connectivity index (χ3v) is 2.38. The third-order valence-electron chi connectivity index (χ3n) is 1.77. The van der Waals surface area contributed by atoms with Gasteiger partial charge >= 0.3 is 5.69 Å². The van der Waals surface area contributed by atoms with Crippen LogP contribution in [0.1, 0.15) is 11.7 Å². The molecule has 0 heterocycles. The molecule has 0 aliphatic carbocycles. The molecule has 0 saturated heterocycles. The summed E-state index contributed by atoms with van der Waals surface area (Å²) in [6, 6.07) is 1.08. The first-order valence-electron chi connectivity index (χ1n) is 3.84. The Morgan fingerprint density at radius 1 is 1.47 bits per heavy atom. The molecule has 0 radical (unpaired) electrons. The summed E-state index contributed by atoms with van der Waals surface area (Å²) in [6.07, 6.45) is -1.24. The summed E-state index contributed by atoms with van der Waals surface area (Å²) in [4.78, 5) is 9.23. The lowest BCUT2D eigenvalue weighted by Gasteiger charge is -2.08. The van der Waals surface area contributed by atoms with Gasteiger partial charge in [-0.15, -0.1) is 0 Å². The maximum atomic E-state index is 13.2. The van der Waals surface area contributed by atoms with Crippen LogP contribution in [0.15, 0.2) is 12.1 Å². The van der Waals surface area contributed by atoms with Crippen molar-refractivity contribution in [3.63, 3.8) is 0 Å². The van der Waals surface area contributed by atoms with Crippen LogP contribution in [0.2, 0.25) is 0 Å². The molecule has 1 aromatic rings. The highest BCUT2D eigenvalue weighted by atomic mass is 79.9. The van der Waals surface area contributed by atoms with Gasteiger partial charge in [0.2, 0.25) is 5.82 Å². The zero-order valence-electron chi connectivity index (χ0n) is 7.28. The molecule has 0 aromatic heterocycles. The number of hydrogen-bond acceptors (Lipinski definition) is 3. The number of nitrogens with zero attached hydrogens (tertiary/aromatic N) is 1. The second kappa shape index (κ2) is 4.63. The molecular weight excluding hydrogens is 276 g/mol. The molecule has 1 atom stereocenters. The van der Waals surface area contributed by atoms with Crippen molar-refractivity contribution in [1.29, 1.82) is 0 Å². The van der Waals surface area contributed by atoms with E-state index in [0.29, 0.717) is 12.1 Å². The van der Waals surface area contributed by atoms with Gasteiger partial charge in [0.05, 0.1) is 17.1 Å². The van der Waals surface area contributed by atoms with Crippen LogP contribution in [0.5, 0.6) is 0 Å². The van der Waals surface area contributed by atoms with Crippen LogP contribution in [-0.2, 0) is 0 Å². The van der Waals surface area contributed by atoms with E-state index in [9.17, 15) is 24.0 Å². The number of nitro groups is 1. The van der Waals surface area contributed by atoms with Crippen LogP contribution >= 0.6 is 15.9 Å². The molecule has 0 amide bonds. The number of aliphatic hydroxyl groups excluding tert-OH is 1. The molecule has 82 valence electrons. The SMILES string of the molecule is O=[N+]([O-])c1cc(F)c(C(O)CBr)cc1F. The van der Waals surface area contributed by atoms with Crippen molar-refractivity contribution >= 4 is 21.6 Å². The van der Waals surface area contributed by atoms with E-state index in [1.54, 1.807) is 0 Å². The minimum Gasteiger partial charge on any atom is -0.387 e. The van der Waals surface area contributed by atoms with Crippen LogP contribution < -0.4 is 0 Å². The number of aliphatic hydroxyl groups is 1. The van der Waals surface area contributed by atoms with Crippen molar-refractivity contribution in [2.45, 2.75) is 6.10 Å². The first kappa shape index (κ1) is 12.0. The molecule has 0 saturated carbocycles. The van der Waals surface area contributed by atoms with Gasteiger partial charge in [-0.2, -0.15) is 4.39 Å². The lowest BCUT2D eigenvalue weighted by molar-refractivity contribution is -0.387. The van der Waals surface area contributed by atoms with Gasteiger partial charge in [-0.3, -0.25) is 10.1 Å². The first-order valence-corrected chi connectivity index (χ1v) is 4.97. The van der Waals surface area contributed by atoms with Crippen LogP contribution in [0.3, 0.4) is 0 Å². The van der Waals surface area contributed by atoms with Gasteiger partial charge < -0.3 is 5.11 Å². The number of nitro benzene ring substituents is 1. The van der Waals surface area contributed by atoms with Crippen LogP contribution in [0, 0.1) is 21.7 Å². The summed E-state index contributed by atoms with van der Waals surface area (Å²) >= 11 is 2.88. The lowest BCUT2D eigenvalue weighted by atomic mass is 10.1. The van der Waals surface area contributed by atoms with E-state index in [2.05, 4.69) is 15.9 Å². The van der Waals surface area contributed by atoms with Gasteiger partial charge in [-0.25, -0.2) is 4.39 Å². The van der Waals surface area contributed by atoms with Crippen molar-refractivity contribution in [1.82, 2.24) is 0 Å². The highest BCUT2D eigenvalue weighted by Crippen LogP contribution is 2.26. The van der Waals surface area contributed by atoms with Gasteiger partial charge in [0.1, 0.15) is 5.82 Å². The zero-order chi connectivity index (χ0) is 11.6. The number of hydrogen-bond donors (Lipinski definition) is 1. The Morgan fingerprint density at radius 2 is 2.07 bits per heavy atom. The normalized spacial score (nSPS) is 12.5. The Morgan fingerprint density at radius 3 is 2.53 bits per heavy atom. The second-order valence-electron chi connectivity index (χ2n) is 2.75. The summed E-state index contributed by atoms with van der Waals surface area (Å²) in [5.74, 6) is -2.17. The fourth-order valence-electron chi connectivity index (χ4n) is 1.03. The fraction of sp³-hybridized carbons (Fsp3) is 0.250. The molecule has 0 aliphatic rings. The van der Waals surface area contributed by atoms with E-state index in [1.807, 2.05) is 0 Å². The van der Waals surface area contributed by atoms with Crippen LogP contribution in [0.25, 0.3) is 0 Å². The van der Waals surface area contributed by atoms with E-state index < -0.39 is 28.3 Å². The zero-order valence-corrected chi connectivity index (χ0v) is 8.87. The molecular formula is C8H6BrF2NO3. The van der Waals surface area contributed by atoms with E-state index in [0.717, 1.165) is 0 Å². The Bertz CT molecular complexity index is 400. The standard InChI is InChI=1S/C8H6BrF2NO3/c9-3-8(13)4-1-6(11)7(12(14)15)2-5(4)10/h1-2,8,13H,3H2. The average molecular weight is 282 g/mol. The molecule has 15 heavy (non-hydrogen) atoms. The van der Waals surface area contributed by atoms with Gasteiger partial charge in [0, 0.05) is 10.9 Å². The fourth-order valence-corrected chi connectivity index (χ4v) is 1.38. The summed E-state index contributed by atoms with van der Waals surface area (Å²) in [5, 5.41) is 19.5. The van der Waals surface area contributed by atoms with Gasteiger partial charge in [0.25, 0.3) is 0 Å². The average Bonchev–Trinajstić information content (AvgIpc) is 2.19. The van der Waals surface area contributed by atoms with Crippen molar-refractivity contribution in [3.8, 4) is 0 Å². The minimum atomic E-state index is -1.24. The molecule has 4 nitrogen and oxygen atoms in total. The smallest absolute Gasteiger partial charge is 0.307 e. The molecule has 1 rings (SSSR count). The molecule has 1 aromatic carbocycles. The van der Waals surface area contributed by atoms with Crippen molar-refractivity contribution in [3.05, 3.63) is 39.4 Å². The molecule has 0 spiro atoms. The highest BCUT2D eigenvalue weighted by molar-refractivity contribution is 9.09. The lowest BCUT2D eigenvalue weighted by Crippen LogP contribution is -2.04. The number of rotatable bonds is 3. The van der Waals surface area contributed by atoms with Gasteiger partial charge in [-0.1, -0.05) is 15.9 Å². The van der Waals surface area contributed by atoms with Crippen molar-refractivity contribution < 1.29 is 18.8 Å². The Hall–Kier alpha value is -1.08. The highest BCUT2D eigenvalue weighted by Gasteiger charge is 2.21. The molecule has 0 bridgehead atoms. The van der Waals surface area contributed by atoms with E-state index in [4.69, 9.17) is 0 Å². The molecule has 0 fully saturated rings.